The second kappa shape index (κ2) is 8.43. The molecule has 2 heterocycles. The molecule has 1 N–H and O–H groups in total. The summed E-state index contributed by atoms with van der Waals surface area (Å²) < 4.78 is 11.4. The van der Waals surface area contributed by atoms with Crippen LogP contribution in [0.4, 0.5) is 5.00 Å². The number of ether oxygens (including phenoxy) is 2. The van der Waals surface area contributed by atoms with Crippen LogP contribution in [-0.4, -0.2) is 41.3 Å². The number of rotatable bonds is 6. The quantitative estimate of drug-likeness (QED) is 0.613. The summed E-state index contributed by atoms with van der Waals surface area (Å²) in [7, 11) is 3.00. The van der Waals surface area contributed by atoms with E-state index in [2.05, 4.69) is 10.4 Å². The van der Waals surface area contributed by atoms with Crippen LogP contribution >= 0.6 is 11.3 Å². The number of esters is 2. The van der Waals surface area contributed by atoms with Crippen LogP contribution < -0.4 is 5.32 Å². The maximum atomic E-state index is 12.2. The fraction of sp³-hybridized carbons (Fsp3) is 0.294. The highest BCUT2D eigenvalue weighted by molar-refractivity contribution is 7.18. The van der Waals surface area contributed by atoms with Gasteiger partial charge in [0, 0.05) is 24.9 Å². The number of aromatic nitrogens is 2. The molecule has 0 atom stereocenters. The molecule has 2 rings (SSSR count). The van der Waals surface area contributed by atoms with Crippen molar-refractivity contribution in [2.45, 2.75) is 13.8 Å². The lowest BCUT2D eigenvalue weighted by Gasteiger charge is -2.03. The van der Waals surface area contributed by atoms with E-state index >= 15 is 0 Å². The standard InChI is InChI=1S/C17H19N3O5S/c1-5-25-17(23)14-10(2)13(16(22)24-4)15(26-14)19-12(21)7-6-11-8-18-20(3)9-11/h6-9H,5H2,1-4H3,(H,19,21)/b7-6-. The molecule has 0 unspecified atom stereocenters. The molecule has 8 nitrogen and oxygen atoms in total. The third-order valence-electron chi connectivity index (χ3n) is 3.39. The van der Waals surface area contributed by atoms with E-state index in [1.165, 1.54) is 13.2 Å². The molecule has 0 aliphatic carbocycles. The molecule has 138 valence electrons. The smallest absolute Gasteiger partial charge is 0.348 e. The number of methoxy groups -OCH3 is 1. The molecule has 0 aliphatic heterocycles. The maximum absolute atomic E-state index is 12.2. The van der Waals surface area contributed by atoms with E-state index in [-0.39, 0.29) is 22.0 Å². The Labute approximate surface area is 154 Å². The van der Waals surface area contributed by atoms with E-state index in [0.717, 1.165) is 16.9 Å². The first-order valence-electron chi connectivity index (χ1n) is 7.73. The Hall–Kier alpha value is -2.94. The lowest BCUT2D eigenvalue weighted by atomic mass is 10.1. The van der Waals surface area contributed by atoms with E-state index < -0.39 is 17.8 Å². The topological polar surface area (TPSA) is 99.5 Å². The number of carbonyl (C=O) groups is 3. The van der Waals surface area contributed by atoms with Gasteiger partial charge in [-0.3, -0.25) is 9.48 Å². The summed E-state index contributed by atoms with van der Waals surface area (Å²) in [5, 5.41) is 6.85. The number of amides is 1. The van der Waals surface area contributed by atoms with Crippen LogP contribution in [0, 0.1) is 6.92 Å². The van der Waals surface area contributed by atoms with Gasteiger partial charge in [0.15, 0.2) is 0 Å². The SMILES string of the molecule is CCOC(=O)c1sc(NC(=O)/C=C\c2cnn(C)c2)c(C(=O)OC)c1C. The van der Waals surface area contributed by atoms with Gasteiger partial charge in [-0.25, -0.2) is 9.59 Å². The van der Waals surface area contributed by atoms with Crippen LogP contribution in [0.2, 0.25) is 0 Å². The first-order valence-corrected chi connectivity index (χ1v) is 8.55. The predicted molar refractivity (Wildman–Crippen MR) is 97.2 cm³/mol. The minimum Gasteiger partial charge on any atom is -0.465 e. The Balaban J connectivity index is 2.27. The lowest BCUT2D eigenvalue weighted by Crippen LogP contribution is -2.11. The van der Waals surface area contributed by atoms with Gasteiger partial charge in [0.2, 0.25) is 5.91 Å². The maximum Gasteiger partial charge on any atom is 0.348 e. The number of hydrogen-bond donors (Lipinski definition) is 1. The molecule has 2 aromatic heterocycles. The van der Waals surface area contributed by atoms with E-state index in [1.54, 1.807) is 44.0 Å². The molecular formula is C17H19N3O5S. The minimum absolute atomic E-state index is 0.142. The second-order valence-corrected chi connectivity index (χ2v) is 6.26. The van der Waals surface area contributed by atoms with Gasteiger partial charge in [0.25, 0.3) is 0 Å². The van der Waals surface area contributed by atoms with E-state index in [0.29, 0.717) is 5.56 Å². The molecule has 1 amide bonds. The average Bonchev–Trinajstić information content (AvgIpc) is 3.16. The third-order valence-corrected chi connectivity index (χ3v) is 4.57. The molecular weight excluding hydrogens is 358 g/mol. The van der Waals surface area contributed by atoms with Crippen molar-refractivity contribution in [3.8, 4) is 0 Å². The Morgan fingerprint density at radius 1 is 1.35 bits per heavy atom. The van der Waals surface area contributed by atoms with Crippen LogP contribution in [0.3, 0.4) is 0 Å². The normalized spacial score (nSPS) is 10.8. The highest BCUT2D eigenvalue weighted by Crippen LogP contribution is 2.34. The number of carbonyl (C=O) groups excluding carboxylic acids is 3. The van der Waals surface area contributed by atoms with Crippen molar-refractivity contribution in [1.29, 1.82) is 0 Å². The van der Waals surface area contributed by atoms with Crippen molar-refractivity contribution < 1.29 is 23.9 Å². The van der Waals surface area contributed by atoms with Crippen LogP contribution in [0.1, 0.15) is 38.1 Å². The fourth-order valence-electron chi connectivity index (χ4n) is 2.19. The van der Waals surface area contributed by atoms with Gasteiger partial charge in [0.1, 0.15) is 9.88 Å². The zero-order valence-electron chi connectivity index (χ0n) is 14.9. The van der Waals surface area contributed by atoms with Crippen LogP contribution in [0.15, 0.2) is 18.5 Å². The summed E-state index contributed by atoms with van der Waals surface area (Å²) in [6.07, 6.45) is 6.26. The van der Waals surface area contributed by atoms with Crippen molar-refractivity contribution >= 4 is 40.3 Å². The average molecular weight is 377 g/mol. The molecule has 0 saturated carbocycles. The second-order valence-electron chi connectivity index (χ2n) is 5.24. The molecule has 0 bridgehead atoms. The summed E-state index contributed by atoms with van der Waals surface area (Å²) >= 11 is 0.974. The summed E-state index contributed by atoms with van der Waals surface area (Å²) in [5.74, 6) is -1.64. The monoisotopic (exact) mass is 377 g/mol. The summed E-state index contributed by atoms with van der Waals surface area (Å²) in [6, 6.07) is 0. The van der Waals surface area contributed by atoms with Crippen LogP contribution in [0.5, 0.6) is 0 Å². The van der Waals surface area contributed by atoms with Crippen LogP contribution in [0.25, 0.3) is 6.08 Å². The highest BCUT2D eigenvalue weighted by atomic mass is 32.1. The summed E-state index contributed by atoms with van der Waals surface area (Å²) in [6.45, 7) is 3.50. The third kappa shape index (κ3) is 4.37. The molecule has 2 aromatic rings. The molecule has 0 aromatic carbocycles. The number of nitrogens with one attached hydrogen (secondary N) is 1. The zero-order valence-corrected chi connectivity index (χ0v) is 15.7. The van der Waals surface area contributed by atoms with Crippen LogP contribution in [-0.2, 0) is 21.3 Å². The molecule has 0 fully saturated rings. The van der Waals surface area contributed by atoms with Gasteiger partial charge in [-0.05, 0) is 25.5 Å². The largest absolute Gasteiger partial charge is 0.465 e. The minimum atomic E-state index is -0.638. The number of anilines is 1. The number of aryl methyl sites for hydroxylation is 1. The highest BCUT2D eigenvalue weighted by Gasteiger charge is 2.26. The van der Waals surface area contributed by atoms with E-state index in [9.17, 15) is 14.4 Å². The van der Waals surface area contributed by atoms with Gasteiger partial charge in [-0.2, -0.15) is 5.10 Å². The van der Waals surface area contributed by atoms with Crippen molar-refractivity contribution in [2.75, 3.05) is 19.0 Å². The predicted octanol–water partition coefficient (Wildman–Crippen LogP) is 2.41. The summed E-state index contributed by atoms with van der Waals surface area (Å²) in [5.41, 5.74) is 1.31. The van der Waals surface area contributed by atoms with Gasteiger partial charge < -0.3 is 14.8 Å². The van der Waals surface area contributed by atoms with Crippen molar-refractivity contribution in [3.63, 3.8) is 0 Å². The number of thiophene rings is 1. The van der Waals surface area contributed by atoms with Crippen molar-refractivity contribution in [3.05, 3.63) is 40.0 Å². The lowest BCUT2D eigenvalue weighted by molar-refractivity contribution is -0.111. The molecule has 9 heteroatoms. The Bertz CT molecular complexity index is 866. The molecule has 0 aliphatic rings. The van der Waals surface area contributed by atoms with Gasteiger partial charge in [0.05, 0.1) is 25.5 Å². The number of hydrogen-bond acceptors (Lipinski definition) is 7. The van der Waals surface area contributed by atoms with Gasteiger partial charge >= 0.3 is 11.9 Å². The Morgan fingerprint density at radius 2 is 2.08 bits per heavy atom. The fourth-order valence-corrected chi connectivity index (χ4v) is 3.28. The molecule has 0 spiro atoms. The number of nitrogens with zero attached hydrogens (tertiary/aromatic N) is 2. The molecule has 0 radical (unpaired) electrons. The zero-order chi connectivity index (χ0) is 19.3. The van der Waals surface area contributed by atoms with Gasteiger partial charge in [-0.15, -0.1) is 11.3 Å². The van der Waals surface area contributed by atoms with Gasteiger partial charge in [-0.1, -0.05) is 0 Å². The van der Waals surface area contributed by atoms with E-state index in [1.807, 2.05) is 0 Å². The summed E-state index contributed by atoms with van der Waals surface area (Å²) in [4.78, 5) is 36.5. The molecule has 26 heavy (non-hydrogen) atoms. The van der Waals surface area contributed by atoms with E-state index in [4.69, 9.17) is 9.47 Å². The van der Waals surface area contributed by atoms with Crippen molar-refractivity contribution in [2.24, 2.45) is 7.05 Å². The first-order chi connectivity index (χ1) is 12.4. The Kier molecular flexibility index (Phi) is 6.29. The van der Waals surface area contributed by atoms with Crippen molar-refractivity contribution in [1.82, 2.24) is 9.78 Å². The molecule has 0 saturated heterocycles. The Morgan fingerprint density at radius 3 is 2.65 bits per heavy atom. The first kappa shape index (κ1) is 19.4.